The molecule has 11 aromatic carbocycles. The number of aromatic nitrogens is 1. The fourth-order valence-corrected chi connectivity index (χ4v) is 11.3. The van der Waals surface area contributed by atoms with E-state index in [0.29, 0.717) is 0 Å². The van der Waals surface area contributed by atoms with E-state index in [-0.39, 0.29) is 11.2 Å². The van der Waals surface area contributed by atoms with Crippen molar-refractivity contribution in [3.63, 3.8) is 0 Å². The normalized spacial score (nSPS) is 12.5. The lowest BCUT2D eigenvalue weighted by molar-refractivity contribution is 0.627. The number of nitrogens with zero attached hydrogens (tertiary/aromatic N) is 2. The van der Waals surface area contributed by atoms with E-state index in [1.807, 2.05) is 12.1 Å². The Kier molecular flexibility index (Phi) is 10.4. The van der Waals surface area contributed by atoms with Gasteiger partial charge in [0.1, 0.15) is 5.82 Å². The average Bonchev–Trinajstić information content (AvgIpc) is 3.91. The number of hydrogen-bond donors (Lipinski definition) is 0. The van der Waals surface area contributed by atoms with E-state index < -0.39 is 0 Å². The Morgan fingerprint density at radius 2 is 0.819 bits per heavy atom. The van der Waals surface area contributed by atoms with E-state index in [2.05, 4.69) is 260 Å². The zero-order valence-corrected chi connectivity index (χ0v) is 40.1. The smallest absolute Gasteiger partial charge is 0.123 e. The van der Waals surface area contributed by atoms with Crippen molar-refractivity contribution in [1.29, 1.82) is 0 Å². The van der Waals surface area contributed by atoms with Crippen LogP contribution in [-0.4, -0.2) is 4.57 Å². The Labute approximate surface area is 420 Å². The maximum atomic E-state index is 14.6. The van der Waals surface area contributed by atoms with Crippen LogP contribution in [0.4, 0.5) is 21.5 Å². The Bertz CT molecular complexity index is 3870. The molecule has 0 saturated carbocycles. The first-order chi connectivity index (χ1) is 35.4. The summed E-state index contributed by atoms with van der Waals surface area (Å²) in [5.74, 6) is -0.259. The van der Waals surface area contributed by atoms with Gasteiger partial charge in [0.15, 0.2) is 0 Å². The van der Waals surface area contributed by atoms with Gasteiger partial charge in [0.25, 0.3) is 0 Å². The van der Waals surface area contributed by atoms with Crippen molar-refractivity contribution in [3.8, 4) is 72.6 Å². The number of anilines is 3. The first kappa shape index (κ1) is 43.0. The second kappa shape index (κ2) is 17.4. The Morgan fingerprint density at radius 3 is 1.40 bits per heavy atom. The Balaban J connectivity index is 0.933. The summed E-state index contributed by atoms with van der Waals surface area (Å²) >= 11 is 0. The maximum absolute atomic E-state index is 14.6. The van der Waals surface area contributed by atoms with Crippen LogP contribution < -0.4 is 4.90 Å². The molecule has 0 bridgehead atoms. The summed E-state index contributed by atoms with van der Waals surface area (Å²) in [7, 11) is 0. The molecular formula is C69H49FN2. The highest BCUT2D eigenvalue weighted by Crippen LogP contribution is 2.53. The molecule has 0 unspecified atom stereocenters. The van der Waals surface area contributed by atoms with Crippen LogP contribution in [0, 0.1) is 5.82 Å². The average molecular weight is 925 g/mol. The van der Waals surface area contributed by atoms with Crippen LogP contribution in [0.25, 0.3) is 94.3 Å². The monoisotopic (exact) mass is 924 g/mol. The fraction of sp³-hybridized carbons (Fsp3) is 0.0435. The molecule has 12 aromatic rings. The molecule has 13 rings (SSSR count). The van der Waals surface area contributed by atoms with Gasteiger partial charge < -0.3 is 9.47 Å². The van der Waals surface area contributed by atoms with E-state index >= 15 is 0 Å². The van der Waals surface area contributed by atoms with Gasteiger partial charge in [-0.05, 0) is 139 Å². The summed E-state index contributed by atoms with van der Waals surface area (Å²) in [6.45, 7) is 4.74. The van der Waals surface area contributed by atoms with Crippen LogP contribution in [0.5, 0.6) is 0 Å². The highest BCUT2D eigenvalue weighted by atomic mass is 19.1. The number of benzene rings is 11. The van der Waals surface area contributed by atoms with Gasteiger partial charge in [-0.3, -0.25) is 0 Å². The first-order valence-corrected chi connectivity index (χ1v) is 24.8. The molecule has 1 aromatic heterocycles. The van der Waals surface area contributed by atoms with Crippen LogP contribution in [0.2, 0.25) is 0 Å². The number of rotatable bonds is 9. The predicted octanol–water partition coefficient (Wildman–Crippen LogP) is 19.0. The molecule has 3 heteroatoms. The third-order valence-electron chi connectivity index (χ3n) is 14.9. The van der Waals surface area contributed by atoms with Gasteiger partial charge in [-0.15, -0.1) is 0 Å². The number of fused-ring (bicyclic) bond motifs is 6. The van der Waals surface area contributed by atoms with E-state index in [1.165, 1.54) is 55.6 Å². The number of halogens is 1. The summed E-state index contributed by atoms with van der Waals surface area (Å²) in [5.41, 5.74) is 21.7. The predicted molar refractivity (Wildman–Crippen MR) is 300 cm³/mol. The van der Waals surface area contributed by atoms with E-state index in [9.17, 15) is 4.39 Å². The number of hydrogen-bond acceptors (Lipinski definition) is 1. The second-order valence-electron chi connectivity index (χ2n) is 19.4. The third-order valence-corrected chi connectivity index (χ3v) is 14.9. The lowest BCUT2D eigenvalue weighted by Crippen LogP contribution is -2.16. The molecule has 1 aliphatic rings. The largest absolute Gasteiger partial charge is 0.310 e. The van der Waals surface area contributed by atoms with Crippen molar-refractivity contribution < 1.29 is 4.39 Å². The van der Waals surface area contributed by atoms with Gasteiger partial charge in [0.05, 0.1) is 11.2 Å². The summed E-state index contributed by atoms with van der Waals surface area (Å²) in [6.07, 6.45) is 0. The molecule has 0 atom stereocenters. The molecule has 0 radical (unpaired) electrons. The minimum Gasteiger partial charge on any atom is -0.310 e. The molecule has 1 aliphatic carbocycles. The second-order valence-corrected chi connectivity index (χ2v) is 19.4. The molecular weight excluding hydrogens is 876 g/mol. The summed E-state index contributed by atoms with van der Waals surface area (Å²) < 4.78 is 17.0. The minimum absolute atomic E-state index is 0.259. The topological polar surface area (TPSA) is 8.17 Å². The molecule has 0 aliphatic heterocycles. The highest BCUT2D eigenvalue weighted by molar-refractivity contribution is 6.18. The van der Waals surface area contributed by atoms with Crippen molar-refractivity contribution >= 4 is 38.7 Å². The van der Waals surface area contributed by atoms with Crippen LogP contribution in [0.1, 0.15) is 25.0 Å². The van der Waals surface area contributed by atoms with E-state index in [4.69, 9.17) is 0 Å². The first-order valence-electron chi connectivity index (χ1n) is 24.8. The third kappa shape index (κ3) is 7.24. The standard InChI is InChI=1S/C69H49FN2/c1-69(2)64-44-52(58-24-15-25-62-59(58)42-43-63-66(50-20-11-5-12-21-50)67(51-22-13-6-14-23-51)72(68(62)63)56-37-31-53(70)32-38-56)30-40-60(64)61-41-39-57(45-65(61)69)71(54-33-26-48(27-34-54)46-16-7-3-8-17-46)55-35-28-49(29-36-55)47-18-9-4-10-19-47/h3-45H,1-2H3. The zero-order valence-electron chi connectivity index (χ0n) is 40.1. The Morgan fingerprint density at radius 1 is 0.347 bits per heavy atom. The van der Waals surface area contributed by atoms with Gasteiger partial charge in [-0.25, -0.2) is 4.39 Å². The van der Waals surface area contributed by atoms with Crippen LogP contribution >= 0.6 is 0 Å². The van der Waals surface area contributed by atoms with Gasteiger partial charge in [0.2, 0.25) is 0 Å². The minimum atomic E-state index is -0.291. The van der Waals surface area contributed by atoms with Crippen LogP contribution in [-0.2, 0) is 5.41 Å². The quantitative estimate of drug-likeness (QED) is 0.140. The lowest BCUT2D eigenvalue weighted by atomic mass is 9.81. The highest BCUT2D eigenvalue weighted by Gasteiger charge is 2.36. The molecule has 72 heavy (non-hydrogen) atoms. The van der Waals surface area contributed by atoms with Crippen LogP contribution in [0.15, 0.2) is 261 Å². The fourth-order valence-electron chi connectivity index (χ4n) is 11.3. The lowest BCUT2D eigenvalue weighted by Gasteiger charge is -2.28. The van der Waals surface area contributed by atoms with E-state index in [0.717, 1.165) is 66.8 Å². The van der Waals surface area contributed by atoms with Crippen molar-refractivity contribution in [2.75, 3.05) is 4.90 Å². The summed E-state index contributed by atoms with van der Waals surface area (Å²) in [6, 6.07) is 92.6. The summed E-state index contributed by atoms with van der Waals surface area (Å²) in [5, 5.41) is 3.44. The van der Waals surface area contributed by atoms with Crippen molar-refractivity contribution in [2.45, 2.75) is 19.3 Å². The summed E-state index contributed by atoms with van der Waals surface area (Å²) in [4.78, 5) is 2.39. The molecule has 0 saturated heterocycles. The maximum Gasteiger partial charge on any atom is 0.123 e. The SMILES string of the molecule is CC1(C)c2cc(-c3cccc4c3ccc3c(-c5ccccc5)c(-c5ccccc5)n(-c5ccc(F)cc5)c34)ccc2-c2ccc(N(c3ccc(-c4ccccc4)cc3)c3ccc(-c4ccccc4)cc3)cc21. The molecule has 0 fully saturated rings. The van der Waals surface area contributed by atoms with Gasteiger partial charge in [0, 0.05) is 44.5 Å². The molecule has 342 valence electrons. The molecule has 1 heterocycles. The van der Waals surface area contributed by atoms with Crippen LogP contribution in [0.3, 0.4) is 0 Å². The molecule has 2 nitrogen and oxygen atoms in total. The van der Waals surface area contributed by atoms with Crippen molar-refractivity contribution in [3.05, 3.63) is 278 Å². The zero-order chi connectivity index (χ0) is 48.3. The van der Waals surface area contributed by atoms with Gasteiger partial charge >= 0.3 is 0 Å². The van der Waals surface area contributed by atoms with Gasteiger partial charge in [-0.2, -0.15) is 0 Å². The van der Waals surface area contributed by atoms with Gasteiger partial charge in [-0.1, -0.05) is 208 Å². The van der Waals surface area contributed by atoms with E-state index in [1.54, 1.807) is 12.1 Å². The molecule has 0 spiro atoms. The molecule has 0 amide bonds. The molecule has 0 N–H and O–H groups in total. The van der Waals surface area contributed by atoms with Crippen molar-refractivity contribution in [1.82, 2.24) is 4.57 Å². The Hall–Kier alpha value is -9.05. The van der Waals surface area contributed by atoms with Crippen molar-refractivity contribution in [2.24, 2.45) is 0 Å².